The van der Waals surface area contributed by atoms with Crippen LogP contribution in [0.15, 0.2) is 54.6 Å². The molecule has 1 unspecified atom stereocenters. The third-order valence-electron chi connectivity index (χ3n) is 3.19. The van der Waals surface area contributed by atoms with Crippen LogP contribution in [-0.4, -0.2) is 11.7 Å². The first-order chi connectivity index (χ1) is 10.0. The standard InChI is InChI=1S/C16H16F3NO/c17-16(18,19)14-8-4-5-12(9-14)10-20-15(11-21)13-6-2-1-3-7-13/h1-9,15,20-21H,10-11H2. The van der Waals surface area contributed by atoms with Crippen molar-refractivity contribution in [2.75, 3.05) is 6.61 Å². The first kappa shape index (κ1) is 15.5. The van der Waals surface area contributed by atoms with E-state index in [1.165, 1.54) is 6.07 Å². The lowest BCUT2D eigenvalue weighted by Gasteiger charge is -2.17. The molecule has 0 heterocycles. The third-order valence-corrected chi connectivity index (χ3v) is 3.19. The summed E-state index contributed by atoms with van der Waals surface area (Å²) in [6.07, 6.45) is -4.34. The van der Waals surface area contributed by atoms with Gasteiger partial charge in [0.05, 0.1) is 18.2 Å². The first-order valence-corrected chi connectivity index (χ1v) is 6.56. The summed E-state index contributed by atoms with van der Waals surface area (Å²) in [5.74, 6) is 0. The van der Waals surface area contributed by atoms with E-state index in [-0.39, 0.29) is 19.2 Å². The maximum atomic E-state index is 12.6. The molecule has 0 saturated carbocycles. The minimum Gasteiger partial charge on any atom is -0.394 e. The molecule has 0 aliphatic carbocycles. The van der Waals surface area contributed by atoms with Gasteiger partial charge in [-0.15, -0.1) is 0 Å². The van der Waals surface area contributed by atoms with E-state index >= 15 is 0 Å². The summed E-state index contributed by atoms with van der Waals surface area (Å²) in [6, 6.07) is 14.2. The van der Waals surface area contributed by atoms with Crippen LogP contribution in [0.4, 0.5) is 13.2 Å². The number of hydrogen-bond acceptors (Lipinski definition) is 2. The Morgan fingerprint density at radius 3 is 2.33 bits per heavy atom. The van der Waals surface area contributed by atoms with Gasteiger partial charge in [-0.3, -0.25) is 0 Å². The van der Waals surface area contributed by atoms with Crippen LogP contribution in [0.3, 0.4) is 0 Å². The Balaban J connectivity index is 2.05. The summed E-state index contributed by atoms with van der Waals surface area (Å²) in [5.41, 5.74) is 0.758. The molecule has 112 valence electrons. The van der Waals surface area contributed by atoms with Crippen LogP contribution in [0, 0.1) is 0 Å². The third kappa shape index (κ3) is 4.31. The van der Waals surface area contributed by atoms with Gasteiger partial charge in [-0.25, -0.2) is 0 Å². The number of aliphatic hydroxyl groups excluding tert-OH is 1. The lowest BCUT2D eigenvalue weighted by Crippen LogP contribution is -2.24. The fourth-order valence-electron chi connectivity index (χ4n) is 2.07. The van der Waals surface area contributed by atoms with Crippen LogP contribution in [0.25, 0.3) is 0 Å². The Kier molecular flexibility index (Phi) is 4.98. The zero-order valence-corrected chi connectivity index (χ0v) is 11.3. The number of alkyl halides is 3. The van der Waals surface area contributed by atoms with Crippen molar-refractivity contribution >= 4 is 0 Å². The molecule has 0 radical (unpaired) electrons. The van der Waals surface area contributed by atoms with Crippen molar-refractivity contribution in [2.45, 2.75) is 18.8 Å². The van der Waals surface area contributed by atoms with E-state index < -0.39 is 11.7 Å². The number of aliphatic hydroxyl groups is 1. The second kappa shape index (κ2) is 6.74. The molecule has 21 heavy (non-hydrogen) atoms. The molecule has 2 aromatic rings. The number of nitrogens with one attached hydrogen (secondary N) is 1. The van der Waals surface area contributed by atoms with Gasteiger partial charge in [0.15, 0.2) is 0 Å². The van der Waals surface area contributed by atoms with Gasteiger partial charge in [0, 0.05) is 6.54 Å². The highest BCUT2D eigenvalue weighted by Gasteiger charge is 2.30. The SMILES string of the molecule is OCC(NCc1cccc(C(F)(F)F)c1)c1ccccc1. The van der Waals surface area contributed by atoms with E-state index in [9.17, 15) is 18.3 Å². The Hall–Kier alpha value is -1.85. The molecule has 1 atom stereocenters. The van der Waals surface area contributed by atoms with Gasteiger partial charge in [0.2, 0.25) is 0 Å². The highest BCUT2D eigenvalue weighted by molar-refractivity contribution is 5.26. The maximum Gasteiger partial charge on any atom is 0.416 e. The molecular weight excluding hydrogens is 279 g/mol. The molecule has 0 fully saturated rings. The molecular formula is C16H16F3NO. The van der Waals surface area contributed by atoms with Crippen LogP contribution in [0.2, 0.25) is 0 Å². The van der Waals surface area contributed by atoms with Gasteiger partial charge < -0.3 is 10.4 Å². The number of benzene rings is 2. The molecule has 5 heteroatoms. The van der Waals surface area contributed by atoms with Crippen LogP contribution in [0.1, 0.15) is 22.7 Å². The average molecular weight is 295 g/mol. The van der Waals surface area contributed by atoms with Gasteiger partial charge in [0.25, 0.3) is 0 Å². The average Bonchev–Trinajstić information content (AvgIpc) is 2.48. The quantitative estimate of drug-likeness (QED) is 0.884. The fraction of sp³-hybridized carbons (Fsp3) is 0.250. The maximum absolute atomic E-state index is 12.6. The summed E-state index contributed by atoms with van der Waals surface area (Å²) in [7, 11) is 0. The molecule has 0 amide bonds. The predicted molar refractivity (Wildman–Crippen MR) is 74.6 cm³/mol. The summed E-state index contributed by atoms with van der Waals surface area (Å²) in [6.45, 7) is 0.132. The smallest absolute Gasteiger partial charge is 0.394 e. The van der Waals surface area contributed by atoms with Crippen molar-refractivity contribution in [3.05, 3.63) is 71.3 Å². The van der Waals surface area contributed by atoms with Crippen molar-refractivity contribution in [1.82, 2.24) is 5.32 Å². The second-order valence-corrected chi connectivity index (χ2v) is 4.72. The second-order valence-electron chi connectivity index (χ2n) is 4.72. The highest BCUT2D eigenvalue weighted by Crippen LogP contribution is 2.29. The Morgan fingerprint density at radius 2 is 1.71 bits per heavy atom. The summed E-state index contributed by atoms with van der Waals surface area (Å²) in [4.78, 5) is 0. The van der Waals surface area contributed by atoms with Gasteiger partial charge in [-0.1, -0.05) is 48.5 Å². The molecule has 2 nitrogen and oxygen atoms in total. The van der Waals surface area contributed by atoms with Crippen LogP contribution in [-0.2, 0) is 12.7 Å². The largest absolute Gasteiger partial charge is 0.416 e. The van der Waals surface area contributed by atoms with Gasteiger partial charge >= 0.3 is 6.18 Å². The molecule has 2 aromatic carbocycles. The van der Waals surface area contributed by atoms with Gasteiger partial charge in [-0.05, 0) is 17.2 Å². The Bertz CT molecular complexity index is 569. The minimum atomic E-state index is -4.34. The predicted octanol–water partition coefficient (Wildman–Crippen LogP) is 3.53. The number of hydrogen-bond donors (Lipinski definition) is 2. The van der Waals surface area contributed by atoms with E-state index in [0.717, 1.165) is 17.7 Å². The first-order valence-electron chi connectivity index (χ1n) is 6.56. The zero-order chi connectivity index (χ0) is 15.3. The van der Waals surface area contributed by atoms with E-state index in [2.05, 4.69) is 5.32 Å². The van der Waals surface area contributed by atoms with Crippen molar-refractivity contribution in [1.29, 1.82) is 0 Å². The lowest BCUT2D eigenvalue weighted by atomic mass is 10.1. The topological polar surface area (TPSA) is 32.3 Å². The molecule has 2 rings (SSSR count). The molecule has 0 aliphatic heterocycles. The van der Waals surface area contributed by atoms with Crippen molar-refractivity contribution in [3.63, 3.8) is 0 Å². The van der Waals surface area contributed by atoms with E-state index in [4.69, 9.17) is 0 Å². The number of halogens is 3. The van der Waals surface area contributed by atoms with Gasteiger partial charge in [0.1, 0.15) is 0 Å². The lowest BCUT2D eigenvalue weighted by molar-refractivity contribution is -0.137. The van der Waals surface area contributed by atoms with Crippen molar-refractivity contribution in [3.8, 4) is 0 Å². The summed E-state index contributed by atoms with van der Waals surface area (Å²) in [5, 5.41) is 12.5. The molecule has 0 aromatic heterocycles. The molecule has 0 spiro atoms. The highest BCUT2D eigenvalue weighted by atomic mass is 19.4. The zero-order valence-electron chi connectivity index (χ0n) is 11.3. The Morgan fingerprint density at radius 1 is 1.00 bits per heavy atom. The molecule has 0 bridgehead atoms. The summed E-state index contributed by atoms with van der Waals surface area (Å²) >= 11 is 0. The van der Waals surface area contributed by atoms with Gasteiger partial charge in [-0.2, -0.15) is 13.2 Å². The normalized spacial score (nSPS) is 13.1. The van der Waals surface area contributed by atoms with E-state index in [1.807, 2.05) is 30.3 Å². The number of rotatable bonds is 5. The molecule has 2 N–H and O–H groups in total. The van der Waals surface area contributed by atoms with Crippen LogP contribution < -0.4 is 5.32 Å². The Labute approximate surface area is 121 Å². The van der Waals surface area contributed by atoms with Crippen molar-refractivity contribution in [2.24, 2.45) is 0 Å². The molecule has 0 aliphatic rings. The van der Waals surface area contributed by atoms with Crippen LogP contribution in [0.5, 0.6) is 0 Å². The van der Waals surface area contributed by atoms with E-state index in [1.54, 1.807) is 6.07 Å². The van der Waals surface area contributed by atoms with E-state index in [0.29, 0.717) is 5.56 Å². The van der Waals surface area contributed by atoms with Crippen LogP contribution >= 0.6 is 0 Å². The van der Waals surface area contributed by atoms with Crippen molar-refractivity contribution < 1.29 is 18.3 Å². The molecule has 0 saturated heterocycles. The fourth-order valence-corrected chi connectivity index (χ4v) is 2.07. The monoisotopic (exact) mass is 295 g/mol. The minimum absolute atomic E-state index is 0.122. The summed E-state index contributed by atoms with van der Waals surface area (Å²) < 4.78 is 37.9.